The standard InChI is InChI=1S/C12H17N3OS/c1-8(2)16-11-10(14)9(7-13)17-12(11)15-5-3-4-6-15/h8H,3-6,14H2,1-2H3. The number of hydrogen-bond donors (Lipinski definition) is 1. The molecule has 2 rings (SSSR count). The Bertz CT molecular complexity index is 441. The maximum atomic E-state index is 9.04. The highest BCUT2D eigenvalue weighted by Gasteiger charge is 2.24. The van der Waals surface area contributed by atoms with Gasteiger partial charge < -0.3 is 15.4 Å². The lowest BCUT2D eigenvalue weighted by Crippen LogP contribution is -2.18. The summed E-state index contributed by atoms with van der Waals surface area (Å²) in [6, 6.07) is 2.14. The summed E-state index contributed by atoms with van der Waals surface area (Å²) in [5.74, 6) is 0.698. The third kappa shape index (κ3) is 2.32. The molecule has 1 aromatic rings. The Labute approximate surface area is 106 Å². The van der Waals surface area contributed by atoms with Gasteiger partial charge in [0.15, 0.2) is 5.75 Å². The van der Waals surface area contributed by atoms with Gasteiger partial charge in [0.2, 0.25) is 0 Å². The topological polar surface area (TPSA) is 62.3 Å². The zero-order valence-corrected chi connectivity index (χ0v) is 11.0. The third-order valence-corrected chi connectivity index (χ3v) is 3.88. The van der Waals surface area contributed by atoms with Crippen LogP contribution in [0.1, 0.15) is 31.6 Å². The van der Waals surface area contributed by atoms with E-state index in [1.807, 2.05) is 13.8 Å². The molecule has 0 aromatic carbocycles. The fraction of sp³-hybridized carbons (Fsp3) is 0.583. The maximum absolute atomic E-state index is 9.04. The Morgan fingerprint density at radius 2 is 2.06 bits per heavy atom. The molecule has 0 saturated carbocycles. The van der Waals surface area contributed by atoms with Crippen LogP contribution in [-0.4, -0.2) is 19.2 Å². The van der Waals surface area contributed by atoms with Crippen LogP contribution in [0.25, 0.3) is 0 Å². The number of anilines is 2. The Morgan fingerprint density at radius 3 is 2.59 bits per heavy atom. The molecule has 1 aliphatic rings. The molecule has 17 heavy (non-hydrogen) atoms. The van der Waals surface area contributed by atoms with Crippen molar-refractivity contribution in [1.29, 1.82) is 5.26 Å². The van der Waals surface area contributed by atoms with Crippen LogP contribution < -0.4 is 15.4 Å². The Balaban J connectivity index is 2.38. The molecule has 2 heterocycles. The number of rotatable bonds is 3. The number of ether oxygens (including phenoxy) is 1. The van der Waals surface area contributed by atoms with Crippen LogP contribution in [-0.2, 0) is 0 Å². The minimum Gasteiger partial charge on any atom is -0.486 e. The minimum absolute atomic E-state index is 0.0693. The van der Waals surface area contributed by atoms with Crippen LogP contribution in [0.15, 0.2) is 0 Å². The zero-order chi connectivity index (χ0) is 12.4. The molecule has 0 spiro atoms. The lowest BCUT2D eigenvalue weighted by molar-refractivity contribution is 0.245. The maximum Gasteiger partial charge on any atom is 0.178 e. The van der Waals surface area contributed by atoms with Crippen molar-refractivity contribution in [3.05, 3.63) is 4.88 Å². The summed E-state index contributed by atoms with van der Waals surface area (Å²) in [4.78, 5) is 2.82. The summed E-state index contributed by atoms with van der Waals surface area (Å²) >= 11 is 1.44. The molecule has 1 fully saturated rings. The SMILES string of the molecule is CC(C)Oc1c(N2CCCC2)sc(C#N)c1N. The monoisotopic (exact) mass is 251 g/mol. The van der Waals surface area contributed by atoms with Gasteiger partial charge in [-0.2, -0.15) is 5.26 Å². The average Bonchev–Trinajstić information content (AvgIpc) is 2.88. The number of hydrogen-bond acceptors (Lipinski definition) is 5. The van der Waals surface area contributed by atoms with Crippen LogP contribution in [0.5, 0.6) is 5.75 Å². The lowest BCUT2D eigenvalue weighted by Gasteiger charge is -2.19. The van der Waals surface area contributed by atoms with Crippen LogP contribution in [0.4, 0.5) is 10.7 Å². The second-order valence-corrected chi connectivity index (χ2v) is 5.45. The van der Waals surface area contributed by atoms with Gasteiger partial charge in [-0.1, -0.05) is 0 Å². The summed E-state index contributed by atoms with van der Waals surface area (Å²) in [6.45, 7) is 5.99. The smallest absolute Gasteiger partial charge is 0.178 e. The first-order chi connectivity index (χ1) is 8.13. The Hall–Kier alpha value is -1.41. The quantitative estimate of drug-likeness (QED) is 0.897. The van der Waals surface area contributed by atoms with Crippen molar-refractivity contribution in [3.63, 3.8) is 0 Å². The van der Waals surface area contributed by atoms with E-state index in [0.29, 0.717) is 16.3 Å². The molecule has 0 radical (unpaired) electrons. The largest absolute Gasteiger partial charge is 0.486 e. The summed E-state index contributed by atoms with van der Waals surface area (Å²) in [5.41, 5.74) is 6.46. The number of nitrogens with zero attached hydrogens (tertiary/aromatic N) is 2. The van der Waals surface area contributed by atoms with E-state index in [2.05, 4.69) is 11.0 Å². The first-order valence-electron chi connectivity index (χ1n) is 5.87. The zero-order valence-electron chi connectivity index (χ0n) is 10.2. The first-order valence-corrected chi connectivity index (χ1v) is 6.69. The van der Waals surface area contributed by atoms with Crippen molar-refractivity contribution in [2.24, 2.45) is 0 Å². The number of nitrogens with two attached hydrogens (primary N) is 1. The van der Waals surface area contributed by atoms with Gasteiger partial charge in [0.1, 0.15) is 21.6 Å². The van der Waals surface area contributed by atoms with Crippen molar-refractivity contribution >= 4 is 22.0 Å². The molecular weight excluding hydrogens is 234 g/mol. The molecule has 1 saturated heterocycles. The summed E-state index contributed by atoms with van der Waals surface area (Å²) < 4.78 is 5.76. The number of thiophene rings is 1. The predicted molar refractivity (Wildman–Crippen MR) is 70.7 cm³/mol. The van der Waals surface area contributed by atoms with Gasteiger partial charge in [-0.25, -0.2) is 0 Å². The van der Waals surface area contributed by atoms with Crippen molar-refractivity contribution in [2.45, 2.75) is 32.8 Å². The molecular formula is C12H17N3OS. The third-order valence-electron chi connectivity index (χ3n) is 2.73. The second kappa shape index (κ2) is 4.84. The van der Waals surface area contributed by atoms with Gasteiger partial charge in [0.05, 0.1) is 6.10 Å². The van der Waals surface area contributed by atoms with Gasteiger partial charge in [0, 0.05) is 13.1 Å². The average molecular weight is 251 g/mol. The van der Waals surface area contributed by atoms with E-state index in [-0.39, 0.29) is 6.10 Å². The molecule has 0 aliphatic carbocycles. The fourth-order valence-electron chi connectivity index (χ4n) is 1.98. The molecule has 0 bridgehead atoms. The highest BCUT2D eigenvalue weighted by atomic mass is 32.1. The Morgan fingerprint density at radius 1 is 1.41 bits per heavy atom. The molecule has 4 nitrogen and oxygen atoms in total. The lowest BCUT2D eigenvalue weighted by atomic mass is 10.3. The highest BCUT2D eigenvalue weighted by Crippen LogP contribution is 2.45. The van der Waals surface area contributed by atoms with Crippen molar-refractivity contribution in [2.75, 3.05) is 23.7 Å². The van der Waals surface area contributed by atoms with Gasteiger partial charge in [0.25, 0.3) is 0 Å². The van der Waals surface area contributed by atoms with E-state index in [0.717, 1.165) is 18.1 Å². The van der Waals surface area contributed by atoms with Crippen molar-refractivity contribution in [1.82, 2.24) is 0 Å². The van der Waals surface area contributed by atoms with Crippen LogP contribution in [0.2, 0.25) is 0 Å². The van der Waals surface area contributed by atoms with E-state index in [4.69, 9.17) is 15.7 Å². The number of nitrogen functional groups attached to an aromatic ring is 1. The van der Waals surface area contributed by atoms with Crippen LogP contribution >= 0.6 is 11.3 Å². The van der Waals surface area contributed by atoms with Gasteiger partial charge in [-0.15, -0.1) is 11.3 Å². The number of nitriles is 1. The van der Waals surface area contributed by atoms with E-state index < -0.39 is 0 Å². The molecule has 0 amide bonds. The molecule has 0 unspecified atom stereocenters. The first kappa shape index (κ1) is 12.1. The van der Waals surface area contributed by atoms with Gasteiger partial charge in [-0.3, -0.25) is 0 Å². The molecule has 92 valence electrons. The highest BCUT2D eigenvalue weighted by molar-refractivity contribution is 7.17. The molecule has 1 aliphatic heterocycles. The van der Waals surface area contributed by atoms with E-state index in [1.54, 1.807) is 0 Å². The van der Waals surface area contributed by atoms with E-state index in [9.17, 15) is 0 Å². The van der Waals surface area contributed by atoms with Crippen LogP contribution in [0, 0.1) is 11.3 Å². The molecule has 0 atom stereocenters. The van der Waals surface area contributed by atoms with Gasteiger partial charge in [-0.05, 0) is 26.7 Å². The summed E-state index contributed by atoms with van der Waals surface area (Å²) in [7, 11) is 0. The fourth-order valence-corrected chi connectivity index (χ4v) is 2.98. The minimum atomic E-state index is 0.0693. The predicted octanol–water partition coefficient (Wildman–Crippen LogP) is 2.59. The van der Waals surface area contributed by atoms with E-state index >= 15 is 0 Å². The molecule has 2 N–H and O–H groups in total. The Kier molecular flexibility index (Phi) is 3.43. The second-order valence-electron chi connectivity index (χ2n) is 4.45. The van der Waals surface area contributed by atoms with Gasteiger partial charge >= 0.3 is 0 Å². The normalized spacial score (nSPS) is 15.3. The van der Waals surface area contributed by atoms with E-state index in [1.165, 1.54) is 24.2 Å². The van der Waals surface area contributed by atoms with Crippen molar-refractivity contribution in [3.8, 4) is 11.8 Å². The molecule has 5 heteroatoms. The summed E-state index contributed by atoms with van der Waals surface area (Å²) in [5, 5.41) is 10.1. The van der Waals surface area contributed by atoms with Crippen molar-refractivity contribution < 1.29 is 4.74 Å². The van der Waals surface area contributed by atoms with Crippen LogP contribution in [0.3, 0.4) is 0 Å². The molecule has 1 aromatic heterocycles. The summed E-state index contributed by atoms with van der Waals surface area (Å²) in [6.07, 6.45) is 2.46.